The molecule has 0 bridgehead atoms. The lowest BCUT2D eigenvalue weighted by atomic mass is 10.2. The van der Waals surface area contributed by atoms with E-state index >= 15 is 0 Å². The van der Waals surface area contributed by atoms with Crippen molar-refractivity contribution >= 4 is 5.97 Å². The van der Waals surface area contributed by atoms with Crippen LogP contribution in [0.2, 0.25) is 0 Å². The van der Waals surface area contributed by atoms with Crippen LogP contribution >= 0.6 is 0 Å². The van der Waals surface area contributed by atoms with E-state index in [4.69, 9.17) is 4.74 Å². The Kier molecular flexibility index (Phi) is 3.50. The van der Waals surface area contributed by atoms with Gasteiger partial charge in [-0.05, 0) is 19.4 Å². The Morgan fingerprint density at radius 3 is 2.38 bits per heavy atom. The van der Waals surface area contributed by atoms with Crippen molar-refractivity contribution in [1.29, 1.82) is 0 Å². The monoisotopic (exact) mass is 177 g/mol. The van der Waals surface area contributed by atoms with Crippen molar-refractivity contribution in [2.75, 3.05) is 0 Å². The van der Waals surface area contributed by atoms with Gasteiger partial charge in [0.25, 0.3) is 0 Å². The number of esters is 1. The molecule has 1 radical (unpaired) electrons. The quantitative estimate of drug-likeness (QED) is 0.662. The second-order valence-electron chi connectivity index (χ2n) is 3.06. The van der Waals surface area contributed by atoms with E-state index in [1.165, 1.54) is 0 Å². The molecular weight excluding hydrogens is 164 g/mol. The third-order valence-corrected chi connectivity index (χ3v) is 1.62. The maximum Gasteiger partial charge on any atom is 0.312 e. The Labute approximate surface area is 78.5 Å². The molecule has 0 aliphatic rings. The predicted octanol–water partition coefficient (Wildman–Crippen LogP) is 2.34. The summed E-state index contributed by atoms with van der Waals surface area (Å²) in [5.41, 5.74) is 1.01. The lowest BCUT2D eigenvalue weighted by Crippen LogP contribution is -2.09. The van der Waals surface area contributed by atoms with Crippen LogP contribution in [0.1, 0.15) is 19.4 Å². The molecule has 0 unspecified atom stereocenters. The number of ether oxygens (including phenoxy) is 1. The molecule has 0 heterocycles. The van der Waals surface area contributed by atoms with Gasteiger partial charge in [-0.15, -0.1) is 0 Å². The molecule has 0 spiro atoms. The standard InChI is InChI=1S/C11H13O2/c1-9(2)11(12)13-8-10-6-4-3-5-7-10/h3-7H,8H2,1-2H3. The molecule has 69 valence electrons. The highest BCUT2D eigenvalue weighted by atomic mass is 16.5. The molecule has 2 nitrogen and oxygen atoms in total. The molecule has 0 N–H and O–H groups in total. The summed E-state index contributed by atoms with van der Waals surface area (Å²) in [5, 5.41) is 0. The van der Waals surface area contributed by atoms with Crippen LogP contribution in [0.25, 0.3) is 0 Å². The highest BCUT2D eigenvalue weighted by Gasteiger charge is 2.08. The van der Waals surface area contributed by atoms with Gasteiger partial charge in [0.1, 0.15) is 6.61 Å². The summed E-state index contributed by atoms with van der Waals surface area (Å²) in [6.45, 7) is 3.84. The molecular formula is C11H13O2. The molecule has 2 heteroatoms. The van der Waals surface area contributed by atoms with Gasteiger partial charge < -0.3 is 4.74 Å². The second-order valence-corrected chi connectivity index (χ2v) is 3.06. The first kappa shape index (κ1) is 9.78. The molecule has 1 aromatic carbocycles. The van der Waals surface area contributed by atoms with Crippen molar-refractivity contribution in [2.24, 2.45) is 0 Å². The third-order valence-electron chi connectivity index (χ3n) is 1.62. The summed E-state index contributed by atoms with van der Waals surface area (Å²) >= 11 is 0. The first-order chi connectivity index (χ1) is 6.20. The minimum atomic E-state index is -0.233. The third kappa shape index (κ3) is 3.28. The molecule has 0 aliphatic carbocycles. The van der Waals surface area contributed by atoms with E-state index in [-0.39, 0.29) is 5.97 Å². The summed E-state index contributed by atoms with van der Waals surface area (Å²) < 4.78 is 5.01. The normalized spacial score (nSPS) is 10.1. The van der Waals surface area contributed by atoms with Gasteiger partial charge in [-0.3, -0.25) is 4.79 Å². The second kappa shape index (κ2) is 4.65. The van der Waals surface area contributed by atoms with Gasteiger partial charge in [0, 0.05) is 0 Å². The lowest BCUT2D eigenvalue weighted by Gasteiger charge is -2.05. The van der Waals surface area contributed by atoms with Crippen molar-refractivity contribution < 1.29 is 9.53 Å². The number of hydrogen-bond acceptors (Lipinski definition) is 2. The van der Waals surface area contributed by atoms with Crippen molar-refractivity contribution in [2.45, 2.75) is 20.5 Å². The summed E-state index contributed by atoms with van der Waals surface area (Å²) in [6, 6.07) is 9.64. The van der Waals surface area contributed by atoms with Gasteiger partial charge in [0.15, 0.2) is 0 Å². The lowest BCUT2D eigenvalue weighted by molar-refractivity contribution is -0.142. The van der Waals surface area contributed by atoms with Gasteiger partial charge in [0.05, 0.1) is 5.92 Å². The van der Waals surface area contributed by atoms with Crippen LogP contribution < -0.4 is 0 Å². The molecule has 0 fully saturated rings. The van der Waals surface area contributed by atoms with Crippen LogP contribution in [0.15, 0.2) is 30.3 Å². The molecule has 13 heavy (non-hydrogen) atoms. The van der Waals surface area contributed by atoms with Crippen LogP contribution in [0.3, 0.4) is 0 Å². The van der Waals surface area contributed by atoms with Gasteiger partial charge in [0.2, 0.25) is 0 Å². The van der Waals surface area contributed by atoms with Crippen molar-refractivity contribution in [3.63, 3.8) is 0 Å². The van der Waals surface area contributed by atoms with Crippen LogP contribution in [0, 0.1) is 5.92 Å². The minimum absolute atomic E-state index is 0.233. The van der Waals surface area contributed by atoms with Gasteiger partial charge in [-0.25, -0.2) is 0 Å². The summed E-state index contributed by atoms with van der Waals surface area (Å²) in [4.78, 5) is 11.1. The summed E-state index contributed by atoms with van der Waals surface area (Å²) in [6.07, 6.45) is 0. The predicted molar refractivity (Wildman–Crippen MR) is 50.8 cm³/mol. The van der Waals surface area contributed by atoms with Gasteiger partial charge in [-0.1, -0.05) is 30.3 Å². The van der Waals surface area contributed by atoms with E-state index in [1.807, 2.05) is 30.3 Å². The largest absolute Gasteiger partial charge is 0.460 e. The highest BCUT2D eigenvalue weighted by molar-refractivity contribution is 5.83. The average Bonchev–Trinajstić information content (AvgIpc) is 2.15. The molecule has 0 saturated heterocycles. The summed E-state index contributed by atoms with van der Waals surface area (Å²) in [7, 11) is 0. The van der Waals surface area contributed by atoms with Crippen molar-refractivity contribution in [3.8, 4) is 0 Å². The highest BCUT2D eigenvalue weighted by Crippen LogP contribution is 2.04. The zero-order valence-corrected chi connectivity index (χ0v) is 7.91. The van der Waals surface area contributed by atoms with E-state index in [0.29, 0.717) is 12.5 Å². The Hall–Kier alpha value is -1.31. The van der Waals surface area contributed by atoms with Gasteiger partial charge in [-0.2, -0.15) is 0 Å². The SMILES string of the molecule is C[C](C)C(=O)OCc1ccccc1. The number of benzene rings is 1. The molecule has 0 amide bonds. The van der Waals surface area contributed by atoms with Crippen LogP contribution in [-0.4, -0.2) is 5.97 Å². The first-order valence-corrected chi connectivity index (χ1v) is 4.21. The Morgan fingerprint density at radius 1 is 1.23 bits per heavy atom. The van der Waals surface area contributed by atoms with Crippen LogP contribution in [0.4, 0.5) is 0 Å². The van der Waals surface area contributed by atoms with E-state index in [2.05, 4.69) is 0 Å². The number of rotatable bonds is 3. The number of hydrogen-bond donors (Lipinski definition) is 0. The fraction of sp³-hybridized carbons (Fsp3) is 0.273. The Balaban J connectivity index is 2.40. The fourth-order valence-corrected chi connectivity index (χ4v) is 0.867. The molecule has 1 rings (SSSR count). The number of carbonyl (C=O) groups excluding carboxylic acids is 1. The van der Waals surface area contributed by atoms with Gasteiger partial charge >= 0.3 is 5.97 Å². The van der Waals surface area contributed by atoms with Crippen LogP contribution in [-0.2, 0) is 16.1 Å². The molecule has 0 atom stereocenters. The van der Waals surface area contributed by atoms with Crippen molar-refractivity contribution in [1.82, 2.24) is 0 Å². The maximum atomic E-state index is 11.1. The zero-order valence-electron chi connectivity index (χ0n) is 7.91. The van der Waals surface area contributed by atoms with E-state index in [9.17, 15) is 4.79 Å². The Bertz CT molecular complexity index is 265. The van der Waals surface area contributed by atoms with Crippen molar-refractivity contribution in [3.05, 3.63) is 41.8 Å². The molecule has 0 aromatic heterocycles. The minimum Gasteiger partial charge on any atom is -0.460 e. The molecule has 0 aliphatic heterocycles. The summed E-state index contributed by atoms with van der Waals surface area (Å²) in [5.74, 6) is 0.444. The maximum absolute atomic E-state index is 11.1. The van der Waals surface area contributed by atoms with Crippen LogP contribution in [0.5, 0.6) is 0 Å². The first-order valence-electron chi connectivity index (χ1n) is 4.21. The molecule has 1 aromatic rings. The van der Waals surface area contributed by atoms with E-state index in [1.54, 1.807) is 13.8 Å². The molecule has 0 saturated carbocycles. The Morgan fingerprint density at radius 2 is 1.85 bits per heavy atom. The topological polar surface area (TPSA) is 26.3 Å². The number of carbonyl (C=O) groups is 1. The van der Waals surface area contributed by atoms with E-state index in [0.717, 1.165) is 5.56 Å². The fourth-order valence-electron chi connectivity index (χ4n) is 0.867. The smallest absolute Gasteiger partial charge is 0.312 e. The average molecular weight is 177 g/mol. The zero-order chi connectivity index (χ0) is 9.68. The van der Waals surface area contributed by atoms with E-state index < -0.39 is 0 Å².